The van der Waals surface area contributed by atoms with Gasteiger partial charge in [-0.3, -0.25) is 5.01 Å². The first kappa shape index (κ1) is 12.9. The number of fused-ring (bicyclic) bond motifs is 1. The molecule has 4 rings (SSSR count). The first-order valence-corrected chi connectivity index (χ1v) is 7.41. The molecule has 1 aromatic heterocycles. The Hall–Kier alpha value is -2.81. The van der Waals surface area contributed by atoms with E-state index in [9.17, 15) is 0 Å². The van der Waals surface area contributed by atoms with Gasteiger partial charge in [-0.15, -0.1) is 0 Å². The Kier molecular flexibility index (Phi) is 3.24. The van der Waals surface area contributed by atoms with Crippen LogP contribution in [-0.4, -0.2) is 5.71 Å². The first-order chi connectivity index (χ1) is 10.9. The topological polar surface area (TPSA) is 28.7 Å². The Morgan fingerprint density at radius 3 is 2.55 bits per heavy atom. The van der Waals surface area contributed by atoms with Crippen molar-refractivity contribution < 1.29 is 4.42 Å². The highest BCUT2D eigenvalue weighted by Gasteiger charge is 2.21. The lowest BCUT2D eigenvalue weighted by molar-refractivity contribution is 0.555. The number of rotatable bonds is 3. The van der Waals surface area contributed by atoms with Gasteiger partial charge in [-0.25, -0.2) is 0 Å². The van der Waals surface area contributed by atoms with Crippen LogP contribution >= 0.6 is 0 Å². The van der Waals surface area contributed by atoms with Gasteiger partial charge in [0.2, 0.25) is 0 Å². The fourth-order valence-electron chi connectivity index (χ4n) is 2.78. The van der Waals surface area contributed by atoms with Crippen LogP contribution in [0.1, 0.15) is 16.9 Å². The van der Waals surface area contributed by atoms with E-state index in [0.717, 1.165) is 24.4 Å². The van der Waals surface area contributed by atoms with Crippen LogP contribution in [0.3, 0.4) is 0 Å². The molecule has 2 aromatic carbocycles. The lowest BCUT2D eigenvalue weighted by Gasteiger charge is -2.27. The Labute approximate surface area is 129 Å². The fourth-order valence-corrected chi connectivity index (χ4v) is 2.78. The van der Waals surface area contributed by atoms with Gasteiger partial charge in [0.25, 0.3) is 0 Å². The van der Waals surface area contributed by atoms with Crippen LogP contribution in [-0.2, 0) is 13.0 Å². The third-order valence-corrected chi connectivity index (χ3v) is 3.85. The second-order valence-electron chi connectivity index (χ2n) is 5.37. The molecule has 1 aliphatic heterocycles. The summed E-state index contributed by atoms with van der Waals surface area (Å²) in [6.45, 7) is 0.752. The summed E-state index contributed by atoms with van der Waals surface area (Å²) in [5, 5.41) is 6.88. The molecule has 22 heavy (non-hydrogen) atoms. The predicted molar refractivity (Wildman–Crippen MR) is 88.0 cm³/mol. The average Bonchev–Trinajstić information content (AvgIpc) is 3.10. The normalized spacial score (nSPS) is 13.6. The Morgan fingerprint density at radius 1 is 0.909 bits per heavy atom. The van der Waals surface area contributed by atoms with E-state index in [1.807, 2.05) is 18.2 Å². The van der Waals surface area contributed by atoms with Gasteiger partial charge in [-0.05, 0) is 29.3 Å². The van der Waals surface area contributed by atoms with Crippen molar-refractivity contribution in [1.29, 1.82) is 0 Å². The molecule has 0 unspecified atom stereocenters. The molecular weight excluding hydrogens is 272 g/mol. The van der Waals surface area contributed by atoms with Crippen LogP contribution in [0.4, 0.5) is 5.69 Å². The summed E-state index contributed by atoms with van der Waals surface area (Å²) in [5.74, 6) is 0.840. The molecule has 3 heteroatoms. The van der Waals surface area contributed by atoms with E-state index in [4.69, 9.17) is 9.52 Å². The summed E-state index contributed by atoms with van der Waals surface area (Å²) in [5.41, 5.74) is 4.66. The van der Waals surface area contributed by atoms with Gasteiger partial charge in [0.1, 0.15) is 11.5 Å². The second-order valence-corrected chi connectivity index (χ2v) is 5.37. The SMILES string of the molecule is c1ccc(CN2N=C(c3ccco3)Cc3ccccc32)cc1. The van der Waals surface area contributed by atoms with E-state index in [0.29, 0.717) is 0 Å². The highest BCUT2D eigenvalue weighted by atomic mass is 16.3. The first-order valence-electron chi connectivity index (χ1n) is 7.41. The number of hydrogen-bond acceptors (Lipinski definition) is 3. The second kappa shape index (κ2) is 5.53. The standard InChI is InChI=1S/C19H16N2O/c1-2-7-15(8-3-1)14-21-18-10-5-4-9-16(18)13-17(20-21)19-11-6-12-22-19/h1-12H,13-14H2. The molecule has 0 bridgehead atoms. The Bertz CT molecular complexity index is 791. The van der Waals surface area contributed by atoms with Crippen molar-refractivity contribution >= 4 is 11.4 Å². The van der Waals surface area contributed by atoms with Crippen molar-refractivity contribution in [3.8, 4) is 0 Å². The lowest BCUT2D eigenvalue weighted by Crippen LogP contribution is -2.25. The van der Waals surface area contributed by atoms with Crippen LogP contribution in [0.15, 0.2) is 82.5 Å². The summed E-state index contributed by atoms with van der Waals surface area (Å²) in [6, 6.07) is 22.7. The zero-order valence-electron chi connectivity index (χ0n) is 12.1. The van der Waals surface area contributed by atoms with E-state index < -0.39 is 0 Å². The molecular formula is C19H16N2O. The Balaban J connectivity index is 1.73. The summed E-state index contributed by atoms with van der Waals surface area (Å²) in [4.78, 5) is 0. The van der Waals surface area contributed by atoms with E-state index in [-0.39, 0.29) is 0 Å². The largest absolute Gasteiger partial charge is 0.463 e. The maximum Gasteiger partial charge on any atom is 0.150 e. The van der Waals surface area contributed by atoms with E-state index in [1.165, 1.54) is 16.8 Å². The molecule has 0 N–H and O–H groups in total. The number of nitrogens with zero attached hydrogens (tertiary/aromatic N) is 2. The summed E-state index contributed by atoms with van der Waals surface area (Å²) >= 11 is 0. The molecule has 0 spiro atoms. The molecule has 0 fully saturated rings. The summed E-state index contributed by atoms with van der Waals surface area (Å²) < 4.78 is 5.53. The van der Waals surface area contributed by atoms with Gasteiger partial charge in [-0.1, -0.05) is 48.5 Å². The minimum absolute atomic E-state index is 0.752. The van der Waals surface area contributed by atoms with Gasteiger partial charge in [-0.2, -0.15) is 5.10 Å². The van der Waals surface area contributed by atoms with E-state index in [2.05, 4.69) is 53.5 Å². The third kappa shape index (κ3) is 2.42. The van der Waals surface area contributed by atoms with Crippen molar-refractivity contribution in [2.45, 2.75) is 13.0 Å². The molecule has 0 saturated carbocycles. The number of anilines is 1. The minimum atomic E-state index is 0.752. The third-order valence-electron chi connectivity index (χ3n) is 3.85. The maximum atomic E-state index is 5.53. The van der Waals surface area contributed by atoms with Crippen molar-refractivity contribution in [2.75, 3.05) is 5.01 Å². The summed E-state index contributed by atoms with van der Waals surface area (Å²) in [7, 11) is 0. The number of hydrogen-bond donors (Lipinski definition) is 0. The smallest absolute Gasteiger partial charge is 0.150 e. The van der Waals surface area contributed by atoms with Gasteiger partial charge in [0, 0.05) is 6.42 Å². The predicted octanol–water partition coefficient (Wildman–Crippen LogP) is 4.25. The number of hydrazone groups is 1. The number of benzene rings is 2. The molecule has 0 aliphatic carbocycles. The van der Waals surface area contributed by atoms with Crippen LogP contribution in [0.2, 0.25) is 0 Å². The Morgan fingerprint density at radius 2 is 1.73 bits per heavy atom. The van der Waals surface area contributed by atoms with Crippen molar-refractivity contribution in [1.82, 2.24) is 0 Å². The highest BCUT2D eigenvalue weighted by molar-refractivity contribution is 6.02. The van der Waals surface area contributed by atoms with Crippen LogP contribution in [0.5, 0.6) is 0 Å². The monoisotopic (exact) mass is 288 g/mol. The lowest BCUT2D eigenvalue weighted by atomic mass is 10.0. The number of para-hydroxylation sites is 1. The van der Waals surface area contributed by atoms with Crippen molar-refractivity contribution in [3.63, 3.8) is 0 Å². The molecule has 0 radical (unpaired) electrons. The summed E-state index contributed by atoms with van der Waals surface area (Å²) in [6.07, 6.45) is 2.49. The van der Waals surface area contributed by atoms with Crippen molar-refractivity contribution in [2.24, 2.45) is 5.10 Å². The number of furan rings is 1. The molecule has 108 valence electrons. The van der Waals surface area contributed by atoms with Crippen molar-refractivity contribution in [3.05, 3.63) is 89.9 Å². The zero-order valence-corrected chi connectivity index (χ0v) is 12.1. The average molecular weight is 288 g/mol. The highest BCUT2D eigenvalue weighted by Crippen LogP contribution is 2.29. The molecule has 0 saturated heterocycles. The van der Waals surface area contributed by atoms with Crippen LogP contribution in [0, 0.1) is 0 Å². The molecule has 0 atom stereocenters. The van der Waals surface area contributed by atoms with Gasteiger partial charge < -0.3 is 4.42 Å². The van der Waals surface area contributed by atoms with Gasteiger partial charge in [0.15, 0.2) is 0 Å². The fraction of sp³-hybridized carbons (Fsp3) is 0.105. The van der Waals surface area contributed by atoms with Crippen LogP contribution in [0.25, 0.3) is 0 Å². The van der Waals surface area contributed by atoms with Gasteiger partial charge in [0.05, 0.1) is 18.5 Å². The van der Waals surface area contributed by atoms with E-state index in [1.54, 1.807) is 6.26 Å². The maximum absolute atomic E-state index is 5.53. The molecule has 0 amide bonds. The molecule has 2 heterocycles. The van der Waals surface area contributed by atoms with Gasteiger partial charge >= 0.3 is 0 Å². The molecule has 1 aliphatic rings. The molecule has 3 aromatic rings. The minimum Gasteiger partial charge on any atom is -0.463 e. The molecule has 3 nitrogen and oxygen atoms in total. The quantitative estimate of drug-likeness (QED) is 0.721. The van der Waals surface area contributed by atoms with Crippen LogP contribution < -0.4 is 5.01 Å². The zero-order chi connectivity index (χ0) is 14.8. The van der Waals surface area contributed by atoms with E-state index >= 15 is 0 Å².